The molecule has 0 spiro atoms. The van der Waals surface area contributed by atoms with E-state index in [0.717, 1.165) is 0 Å². The largest absolute Gasteiger partial charge is 0.461 e. The fraction of sp³-hybridized carbons (Fsp3) is 0.105. The number of carbonyl (C=O) groups is 1. The number of nitrogens with one attached hydrogen (secondary N) is 1. The third kappa shape index (κ3) is 3.52. The average molecular weight is 393 g/mol. The van der Waals surface area contributed by atoms with Crippen molar-refractivity contribution >= 4 is 23.4 Å². The van der Waals surface area contributed by atoms with Crippen LogP contribution >= 0.6 is 11.8 Å². The van der Waals surface area contributed by atoms with Gasteiger partial charge < -0.3 is 14.2 Å². The molecule has 1 N–H and O–H groups in total. The van der Waals surface area contributed by atoms with Crippen LogP contribution in [0.1, 0.15) is 16.1 Å². The second-order valence-electron chi connectivity index (χ2n) is 5.77. The summed E-state index contributed by atoms with van der Waals surface area (Å²) in [5, 5.41) is 11.0. The smallest absolute Gasteiger partial charge is 0.260 e. The molecule has 0 aliphatic carbocycles. The first-order valence-electron chi connectivity index (χ1n) is 8.30. The lowest BCUT2D eigenvalue weighted by Gasteiger charge is -2.12. The van der Waals surface area contributed by atoms with Crippen molar-refractivity contribution in [1.82, 2.24) is 20.2 Å². The van der Waals surface area contributed by atoms with Crippen molar-refractivity contribution in [2.75, 3.05) is 11.6 Å². The Morgan fingerprint density at radius 2 is 2.04 bits per heavy atom. The molecule has 0 atom stereocenters. The van der Waals surface area contributed by atoms with Gasteiger partial charge in [-0.1, -0.05) is 6.07 Å². The summed E-state index contributed by atoms with van der Waals surface area (Å²) in [5.74, 6) is 1.08. The van der Waals surface area contributed by atoms with Gasteiger partial charge in [-0.05, 0) is 43.5 Å². The fourth-order valence-electron chi connectivity index (χ4n) is 2.69. The highest BCUT2D eigenvalue weighted by Gasteiger charge is 2.20. The number of thioether (sulfide) groups is 1. The highest BCUT2D eigenvalue weighted by Crippen LogP contribution is 2.27. The molecule has 0 bridgehead atoms. The van der Waals surface area contributed by atoms with Gasteiger partial charge in [0.2, 0.25) is 12.3 Å². The van der Waals surface area contributed by atoms with Crippen molar-refractivity contribution in [2.45, 2.75) is 11.9 Å². The first kappa shape index (κ1) is 17.9. The quantitative estimate of drug-likeness (QED) is 0.399. The van der Waals surface area contributed by atoms with Crippen LogP contribution in [-0.4, -0.2) is 32.3 Å². The third-order valence-electron chi connectivity index (χ3n) is 3.95. The van der Waals surface area contributed by atoms with Crippen LogP contribution < -0.4 is 5.32 Å². The molecule has 140 valence electrons. The number of anilines is 1. The van der Waals surface area contributed by atoms with Crippen LogP contribution in [0, 0.1) is 6.92 Å². The molecule has 0 saturated carbocycles. The number of hydrogen-bond donors (Lipinski definition) is 1. The van der Waals surface area contributed by atoms with E-state index < -0.39 is 0 Å². The van der Waals surface area contributed by atoms with Gasteiger partial charge in [-0.25, -0.2) is 9.97 Å². The zero-order valence-electron chi connectivity index (χ0n) is 15.0. The molecule has 3 aromatic heterocycles. The molecule has 1 amide bonds. The first-order chi connectivity index (χ1) is 13.7. The molecule has 28 heavy (non-hydrogen) atoms. The summed E-state index contributed by atoms with van der Waals surface area (Å²) in [6, 6.07) is 10.7. The number of aryl methyl sites for hydroxylation is 1. The minimum absolute atomic E-state index is 0.296. The number of amides is 1. The minimum Gasteiger partial charge on any atom is -0.461 e. The molecule has 0 radical (unpaired) electrons. The number of hydrogen-bond acceptors (Lipinski definition) is 8. The molecule has 4 rings (SSSR count). The van der Waals surface area contributed by atoms with E-state index >= 15 is 0 Å². The van der Waals surface area contributed by atoms with Gasteiger partial charge >= 0.3 is 0 Å². The van der Waals surface area contributed by atoms with Crippen molar-refractivity contribution in [3.8, 4) is 23.0 Å². The normalized spacial score (nSPS) is 10.8. The fourth-order valence-corrected chi connectivity index (χ4v) is 3.32. The van der Waals surface area contributed by atoms with E-state index in [1.165, 1.54) is 18.2 Å². The Morgan fingerprint density at radius 1 is 1.14 bits per heavy atom. The number of aromatic nitrogens is 4. The SMILES string of the molecule is CSc1nc(-c2ccco2)nc(C)c1C(=O)Nc1cccc(-c2nnco2)c1. The monoisotopic (exact) mass is 393 g/mol. The molecule has 0 saturated heterocycles. The van der Waals surface area contributed by atoms with E-state index in [-0.39, 0.29) is 5.91 Å². The number of rotatable bonds is 5. The van der Waals surface area contributed by atoms with Gasteiger partial charge in [0, 0.05) is 11.3 Å². The third-order valence-corrected chi connectivity index (χ3v) is 4.63. The number of furan rings is 1. The Kier molecular flexibility index (Phi) is 4.90. The number of carbonyl (C=O) groups excluding carboxylic acids is 1. The molecule has 3 heterocycles. The molecule has 0 aliphatic heterocycles. The molecule has 4 aromatic rings. The van der Waals surface area contributed by atoms with E-state index in [2.05, 4.69) is 25.5 Å². The van der Waals surface area contributed by atoms with E-state index in [9.17, 15) is 4.79 Å². The Hall–Kier alpha value is -3.46. The number of benzene rings is 1. The maximum absolute atomic E-state index is 12.9. The van der Waals surface area contributed by atoms with Crippen molar-refractivity contribution < 1.29 is 13.6 Å². The molecule has 8 nitrogen and oxygen atoms in total. The van der Waals surface area contributed by atoms with E-state index in [1.807, 2.05) is 12.3 Å². The molecule has 9 heteroatoms. The summed E-state index contributed by atoms with van der Waals surface area (Å²) < 4.78 is 10.6. The van der Waals surface area contributed by atoms with Gasteiger partial charge in [0.1, 0.15) is 5.03 Å². The second kappa shape index (κ2) is 7.65. The summed E-state index contributed by atoms with van der Waals surface area (Å²) in [6.07, 6.45) is 4.68. The van der Waals surface area contributed by atoms with E-state index in [4.69, 9.17) is 8.83 Å². The van der Waals surface area contributed by atoms with Crippen molar-refractivity contribution in [3.05, 3.63) is 60.3 Å². The van der Waals surface area contributed by atoms with Gasteiger partial charge in [0.15, 0.2) is 11.6 Å². The lowest BCUT2D eigenvalue weighted by atomic mass is 10.1. The predicted molar refractivity (Wildman–Crippen MR) is 104 cm³/mol. The minimum atomic E-state index is -0.296. The van der Waals surface area contributed by atoms with Crippen LogP contribution in [0.2, 0.25) is 0 Å². The standard InChI is InChI=1S/C19H15N5O3S/c1-11-15(19(28-2)23-16(21-11)14-7-4-8-26-14)17(25)22-13-6-3-5-12(9-13)18-24-20-10-27-18/h3-10H,1-2H3,(H,22,25). The van der Waals surface area contributed by atoms with Crippen molar-refractivity contribution in [2.24, 2.45) is 0 Å². The summed E-state index contributed by atoms with van der Waals surface area (Å²) in [6.45, 7) is 1.78. The molecule has 0 unspecified atom stereocenters. The lowest BCUT2D eigenvalue weighted by molar-refractivity contribution is 0.102. The predicted octanol–water partition coefficient (Wildman–Crippen LogP) is 4.07. The molecule has 0 aliphatic rings. The molecule has 0 fully saturated rings. The Labute approximate surface area is 164 Å². The molecular formula is C19H15N5O3S. The van der Waals surface area contributed by atoms with Gasteiger partial charge in [-0.3, -0.25) is 4.79 Å². The summed E-state index contributed by atoms with van der Waals surface area (Å²) in [5.41, 5.74) is 2.30. The van der Waals surface area contributed by atoms with Crippen molar-refractivity contribution in [3.63, 3.8) is 0 Å². The summed E-state index contributed by atoms with van der Waals surface area (Å²) >= 11 is 1.37. The molecule has 1 aromatic carbocycles. The maximum atomic E-state index is 12.9. The van der Waals surface area contributed by atoms with Crippen molar-refractivity contribution in [1.29, 1.82) is 0 Å². The van der Waals surface area contributed by atoms with E-state index in [0.29, 0.717) is 45.0 Å². The topological polar surface area (TPSA) is 107 Å². The van der Waals surface area contributed by atoms with Gasteiger partial charge in [-0.2, -0.15) is 0 Å². The second-order valence-corrected chi connectivity index (χ2v) is 6.57. The van der Waals surface area contributed by atoms with Crippen LogP contribution in [0.5, 0.6) is 0 Å². The first-order valence-corrected chi connectivity index (χ1v) is 9.52. The van der Waals surface area contributed by atoms with Crippen LogP contribution in [0.15, 0.2) is 62.9 Å². The zero-order chi connectivity index (χ0) is 19.5. The van der Waals surface area contributed by atoms with Gasteiger partial charge in [0.05, 0.1) is 17.5 Å². The van der Waals surface area contributed by atoms with Crippen LogP contribution in [0.3, 0.4) is 0 Å². The Balaban J connectivity index is 1.64. The van der Waals surface area contributed by atoms with Crippen LogP contribution in [0.4, 0.5) is 5.69 Å². The Bertz CT molecular complexity index is 1110. The highest BCUT2D eigenvalue weighted by atomic mass is 32.2. The van der Waals surface area contributed by atoms with Gasteiger partial charge in [0.25, 0.3) is 5.91 Å². The van der Waals surface area contributed by atoms with E-state index in [1.54, 1.807) is 43.5 Å². The van der Waals surface area contributed by atoms with Crippen LogP contribution in [-0.2, 0) is 0 Å². The summed E-state index contributed by atoms with van der Waals surface area (Å²) in [4.78, 5) is 21.8. The van der Waals surface area contributed by atoms with Crippen LogP contribution in [0.25, 0.3) is 23.0 Å². The zero-order valence-corrected chi connectivity index (χ0v) is 15.9. The maximum Gasteiger partial charge on any atom is 0.260 e. The van der Waals surface area contributed by atoms with Gasteiger partial charge in [-0.15, -0.1) is 22.0 Å². The average Bonchev–Trinajstić information content (AvgIpc) is 3.41. The Morgan fingerprint density at radius 3 is 2.75 bits per heavy atom. The molecular weight excluding hydrogens is 378 g/mol. The number of nitrogens with zero attached hydrogens (tertiary/aromatic N) is 4. The summed E-state index contributed by atoms with van der Waals surface area (Å²) in [7, 11) is 0. The lowest BCUT2D eigenvalue weighted by Crippen LogP contribution is -2.17. The highest BCUT2D eigenvalue weighted by molar-refractivity contribution is 7.98.